The van der Waals surface area contributed by atoms with Crippen LogP contribution in [0.3, 0.4) is 0 Å². The molecule has 1 N–H and O–H groups in total. The minimum Gasteiger partial charge on any atom is -0.469 e. The van der Waals surface area contributed by atoms with Gasteiger partial charge in [0, 0.05) is 10.2 Å². The van der Waals surface area contributed by atoms with Gasteiger partial charge in [0.05, 0.1) is 17.6 Å². The number of hydrogen-bond acceptors (Lipinski definition) is 6. The maximum atomic E-state index is 11.9. The number of carbonyl (C=O) groups excluding carboxylic acids is 1. The number of carbonyl (C=O) groups is 1. The Hall–Kier alpha value is -2.06. The number of aromatic nitrogens is 2. The van der Waals surface area contributed by atoms with Gasteiger partial charge < -0.3 is 14.2 Å². The first-order valence-corrected chi connectivity index (χ1v) is 8.46. The number of halogens is 1. The van der Waals surface area contributed by atoms with E-state index in [2.05, 4.69) is 31.4 Å². The molecule has 0 radical (unpaired) electrons. The number of furan rings is 1. The quantitative estimate of drug-likeness (QED) is 0.656. The zero-order valence-electron chi connectivity index (χ0n) is 12.1. The van der Waals surface area contributed by atoms with Crippen LogP contribution in [0, 0.1) is 6.92 Å². The highest BCUT2D eigenvalue weighted by Gasteiger charge is 2.14. The van der Waals surface area contributed by atoms with Crippen molar-refractivity contribution in [3.63, 3.8) is 0 Å². The van der Waals surface area contributed by atoms with E-state index < -0.39 is 0 Å². The molecule has 2 heterocycles. The molecule has 1 amide bonds. The van der Waals surface area contributed by atoms with Crippen LogP contribution in [0.2, 0.25) is 0 Å². The molecule has 118 valence electrons. The van der Waals surface area contributed by atoms with Gasteiger partial charge in [-0.1, -0.05) is 27.7 Å². The Bertz CT molecular complexity index is 813. The van der Waals surface area contributed by atoms with Crippen molar-refractivity contribution in [2.75, 3.05) is 11.1 Å². The second-order valence-corrected chi connectivity index (χ2v) is 6.45. The average Bonchev–Trinajstić information content (AvgIpc) is 3.16. The van der Waals surface area contributed by atoms with Crippen LogP contribution in [0.4, 0.5) is 5.69 Å². The van der Waals surface area contributed by atoms with Crippen LogP contribution in [0.25, 0.3) is 11.5 Å². The van der Waals surface area contributed by atoms with Crippen molar-refractivity contribution in [1.29, 1.82) is 0 Å². The first-order chi connectivity index (χ1) is 11.1. The molecule has 1 aromatic carbocycles. The SMILES string of the molecule is Cc1occc1-c1nnc(SCC(=O)Nc2ccc(Br)cc2)o1. The minimum absolute atomic E-state index is 0.142. The lowest BCUT2D eigenvalue weighted by molar-refractivity contribution is -0.113. The molecular formula is C15H12BrN3O3S. The molecule has 0 bridgehead atoms. The smallest absolute Gasteiger partial charge is 0.277 e. The molecule has 6 nitrogen and oxygen atoms in total. The van der Waals surface area contributed by atoms with Crippen LogP contribution < -0.4 is 5.32 Å². The van der Waals surface area contributed by atoms with Crippen molar-refractivity contribution in [2.45, 2.75) is 12.1 Å². The Morgan fingerprint density at radius 1 is 1.26 bits per heavy atom. The Labute approximate surface area is 144 Å². The lowest BCUT2D eigenvalue weighted by atomic mass is 10.3. The summed E-state index contributed by atoms with van der Waals surface area (Å²) in [6.45, 7) is 1.82. The molecule has 23 heavy (non-hydrogen) atoms. The Morgan fingerprint density at radius 3 is 2.74 bits per heavy atom. The monoisotopic (exact) mass is 393 g/mol. The maximum absolute atomic E-state index is 11.9. The fourth-order valence-electron chi connectivity index (χ4n) is 1.84. The summed E-state index contributed by atoms with van der Waals surface area (Å²) in [5.74, 6) is 1.13. The minimum atomic E-state index is -0.142. The van der Waals surface area contributed by atoms with Crippen LogP contribution in [0.15, 0.2) is 55.1 Å². The van der Waals surface area contributed by atoms with E-state index in [1.807, 2.05) is 31.2 Å². The van der Waals surface area contributed by atoms with Gasteiger partial charge in [0.2, 0.25) is 5.91 Å². The molecule has 0 unspecified atom stereocenters. The van der Waals surface area contributed by atoms with Crippen LogP contribution >= 0.6 is 27.7 Å². The van der Waals surface area contributed by atoms with E-state index in [9.17, 15) is 4.79 Å². The number of aryl methyl sites for hydroxylation is 1. The standard InChI is InChI=1S/C15H12BrN3O3S/c1-9-12(6-7-21-9)14-18-19-15(22-14)23-8-13(20)17-11-4-2-10(16)3-5-11/h2-7H,8H2,1H3,(H,17,20). The van der Waals surface area contributed by atoms with Gasteiger partial charge in [0.25, 0.3) is 11.1 Å². The Kier molecular flexibility index (Phi) is 4.82. The van der Waals surface area contributed by atoms with Crippen molar-refractivity contribution in [2.24, 2.45) is 0 Å². The van der Waals surface area contributed by atoms with Crippen LogP contribution in [0.1, 0.15) is 5.76 Å². The van der Waals surface area contributed by atoms with E-state index in [1.165, 1.54) is 11.8 Å². The summed E-state index contributed by atoms with van der Waals surface area (Å²) < 4.78 is 11.7. The van der Waals surface area contributed by atoms with E-state index in [0.717, 1.165) is 15.7 Å². The third kappa shape index (κ3) is 4.02. The van der Waals surface area contributed by atoms with Crippen molar-refractivity contribution in [3.05, 3.63) is 46.8 Å². The number of nitrogens with one attached hydrogen (secondary N) is 1. The number of nitrogens with zero attached hydrogens (tertiary/aromatic N) is 2. The molecule has 2 aromatic heterocycles. The fraction of sp³-hybridized carbons (Fsp3) is 0.133. The lowest BCUT2D eigenvalue weighted by Gasteiger charge is -2.03. The van der Waals surface area contributed by atoms with Gasteiger partial charge >= 0.3 is 0 Å². The number of hydrogen-bond donors (Lipinski definition) is 1. The fourth-order valence-corrected chi connectivity index (χ4v) is 2.67. The summed E-state index contributed by atoms with van der Waals surface area (Å²) in [6, 6.07) is 9.12. The lowest BCUT2D eigenvalue weighted by Crippen LogP contribution is -2.13. The number of thioether (sulfide) groups is 1. The normalized spacial score (nSPS) is 10.7. The zero-order chi connectivity index (χ0) is 16.2. The predicted molar refractivity (Wildman–Crippen MR) is 90.2 cm³/mol. The molecule has 0 spiro atoms. The van der Waals surface area contributed by atoms with Crippen molar-refractivity contribution >= 4 is 39.3 Å². The summed E-state index contributed by atoms with van der Waals surface area (Å²) in [4.78, 5) is 11.9. The number of rotatable bonds is 5. The molecule has 0 saturated heterocycles. The van der Waals surface area contributed by atoms with Gasteiger partial charge in [0.15, 0.2) is 0 Å². The zero-order valence-corrected chi connectivity index (χ0v) is 14.5. The van der Waals surface area contributed by atoms with E-state index in [-0.39, 0.29) is 11.7 Å². The van der Waals surface area contributed by atoms with Gasteiger partial charge in [0.1, 0.15) is 5.76 Å². The molecular weight excluding hydrogens is 382 g/mol. The maximum Gasteiger partial charge on any atom is 0.277 e. The highest BCUT2D eigenvalue weighted by Crippen LogP contribution is 2.26. The van der Waals surface area contributed by atoms with Gasteiger partial charge in [-0.05, 0) is 37.3 Å². The molecule has 0 saturated carbocycles. The summed E-state index contributed by atoms with van der Waals surface area (Å²) >= 11 is 4.53. The largest absolute Gasteiger partial charge is 0.469 e. The molecule has 8 heteroatoms. The Balaban J connectivity index is 1.56. The van der Waals surface area contributed by atoms with E-state index >= 15 is 0 Å². The highest BCUT2D eigenvalue weighted by molar-refractivity contribution is 9.10. The number of amides is 1. The third-order valence-electron chi connectivity index (χ3n) is 2.95. The van der Waals surface area contributed by atoms with Gasteiger partial charge in [-0.3, -0.25) is 4.79 Å². The number of benzene rings is 1. The highest BCUT2D eigenvalue weighted by atomic mass is 79.9. The summed E-state index contributed by atoms with van der Waals surface area (Å²) in [5.41, 5.74) is 1.49. The van der Waals surface area contributed by atoms with Crippen molar-refractivity contribution in [3.8, 4) is 11.5 Å². The predicted octanol–water partition coefficient (Wildman–Crippen LogP) is 4.13. The molecule has 0 fully saturated rings. The number of anilines is 1. The first kappa shape index (κ1) is 15.8. The van der Waals surface area contributed by atoms with Crippen LogP contribution in [0.5, 0.6) is 0 Å². The summed E-state index contributed by atoms with van der Waals surface area (Å²) in [6.07, 6.45) is 1.56. The van der Waals surface area contributed by atoms with Crippen molar-refractivity contribution in [1.82, 2.24) is 10.2 Å². The van der Waals surface area contributed by atoms with E-state index in [1.54, 1.807) is 12.3 Å². The van der Waals surface area contributed by atoms with E-state index in [4.69, 9.17) is 8.83 Å². The topological polar surface area (TPSA) is 81.2 Å². The van der Waals surface area contributed by atoms with Gasteiger partial charge in [-0.25, -0.2) is 0 Å². The molecule has 0 aliphatic heterocycles. The summed E-state index contributed by atoms with van der Waals surface area (Å²) in [5, 5.41) is 11.0. The second-order valence-electron chi connectivity index (χ2n) is 4.61. The molecule has 0 aliphatic rings. The van der Waals surface area contributed by atoms with Crippen molar-refractivity contribution < 1.29 is 13.6 Å². The van der Waals surface area contributed by atoms with E-state index in [0.29, 0.717) is 16.9 Å². The van der Waals surface area contributed by atoms with Crippen LogP contribution in [-0.2, 0) is 4.79 Å². The first-order valence-electron chi connectivity index (χ1n) is 6.68. The van der Waals surface area contributed by atoms with Gasteiger partial charge in [-0.15, -0.1) is 10.2 Å². The molecule has 0 atom stereocenters. The molecule has 0 aliphatic carbocycles. The van der Waals surface area contributed by atoms with Gasteiger partial charge in [-0.2, -0.15) is 0 Å². The van der Waals surface area contributed by atoms with Crippen LogP contribution in [-0.4, -0.2) is 21.9 Å². The third-order valence-corrected chi connectivity index (χ3v) is 4.30. The Morgan fingerprint density at radius 2 is 2.04 bits per heavy atom. The summed E-state index contributed by atoms with van der Waals surface area (Å²) in [7, 11) is 0. The average molecular weight is 394 g/mol. The molecule has 3 aromatic rings. The molecule has 3 rings (SSSR count). The second kappa shape index (κ2) is 7.01.